The molecule has 0 radical (unpaired) electrons. The van der Waals surface area contributed by atoms with Crippen LogP contribution in [0.5, 0.6) is 6.01 Å². The number of fused-ring (bicyclic) bond motifs is 3. The second-order valence-electron chi connectivity index (χ2n) is 11.6. The summed E-state index contributed by atoms with van der Waals surface area (Å²) in [7, 11) is 1.72. The summed E-state index contributed by atoms with van der Waals surface area (Å²) < 4.78 is 51.6. The molecule has 42 heavy (non-hydrogen) atoms. The number of nitrogens with zero attached hydrogens (tertiary/aromatic N) is 5. The van der Waals surface area contributed by atoms with Gasteiger partial charge in [0.25, 0.3) is 0 Å². The molecule has 1 saturated carbocycles. The van der Waals surface area contributed by atoms with Gasteiger partial charge in [0.1, 0.15) is 35.6 Å². The molecule has 0 spiro atoms. The van der Waals surface area contributed by atoms with E-state index in [1.165, 1.54) is 24.4 Å². The second kappa shape index (κ2) is 9.60. The molecule has 2 N–H and O–H groups in total. The monoisotopic (exact) mass is 570 g/mol. The highest BCUT2D eigenvalue weighted by atomic mass is 19.1. The van der Waals surface area contributed by atoms with Gasteiger partial charge in [-0.15, -0.1) is 6.42 Å². The van der Waals surface area contributed by atoms with Gasteiger partial charge in [-0.2, -0.15) is 9.97 Å². The van der Waals surface area contributed by atoms with Gasteiger partial charge in [-0.05, 0) is 49.4 Å². The van der Waals surface area contributed by atoms with E-state index in [9.17, 15) is 8.78 Å². The highest BCUT2D eigenvalue weighted by molar-refractivity contribution is 6.03. The van der Waals surface area contributed by atoms with Crippen molar-refractivity contribution in [2.45, 2.75) is 43.4 Å². The highest BCUT2D eigenvalue weighted by Gasteiger charge is 2.47. The van der Waals surface area contributed by atoms with Crippen molar-refractivity contribution in [1.29, 1.82) is 0 Å². The summed E-state index contributed by atoms with van der Waals surface area (Å²) in [5.41, 5.74) is 7.53. The Labute approximate surface area is 241 Å². The molecule has 0 amide bonds. The lowest BCUT2D eigenvalue weighted by atomic mass is 9.94. The van der Waals surface area contributed by atoms with Crippen molar-refractivity contribution >= 4 is 33.2 Å². The summed E-state index contributed by atoms with van der Waals surface area (Å²) in [5, 5.41) is 1.17. The molecule has 4 heterocycles. The van der Waals surface area contributed by atoms with Gasteiger partial charge < -0.3 is 15.4 Å². The molecule has 2 saturated heterocycles. The highest BCUT2D eigenvalue weighted by Crippen LogP contribution is 2.42. The first-order chi connectivity index (χ1) is 20.2. The number of nitrogen functional groups attached to an aromatic ring is 1. The second-order valence-corrected chi connectivity index (χ2v) is 11.6. The number of alkyl halides is 1. The molecule has 214 valence electrons. The maximum atomic E-state index is 16.6. The largest absolute Gasteiger partial charge is 0.461 e. The quantitative estimate of drug-likeness (QED) is 0.189. The number of rotatable bonds is 6. The lowest BCUT2D eigenvalue weighted by molar-refractivity contribution is 0.108. The van der Waals surface area contributed by atoms with Crippen LogP contribution in [0.4, 0.5) is 24.7 Å². The van der Waals surface area contributed by atoms with E-state index in [1.807, 2.05) is 0 Å². The van der Waals surface area contributed by atoms with Crippen LogP contribution in [0.2, 0.25) is 0 Å². The van der Waals surface area contributed by atoms with Gasteiger partial charge >= 0.3 is 6.01 Å². The molecular formula is C32H29F3N6O. The van der Waals surface area contributed by atoms with Gasteiger partial charge in [0.2, 0.25) is 0 Å². The summed E-state index contributed by atoms with van der Waals surface area (Å²) in [6.45, 7) is 6.28. The maximum Gasteiger partial charge on any atom is 0.319 e. The number of aromatic nitrogens is 3. The van der Waals surface area contributed by atoms with Crippen LogP contribution in [-0.2, 0) is 0 Å². The summed E-state index contributed by atoms with van der Waals surface area (Å²) >= 11 is 0. The van der Waals surface area contributed by atoms with Gasteiger partial charge in [0.15, 0.2) is 5.82 Å². The zero-order valence-electron chi connectivity index (χ0n) is 23.1. The van der Waals surface area contributed by atoms with E-state index < -0.39 is 17.8 Å². The number of terminal acetylenes is 1. The Bertz CT molecular complexity index is 1840. The van der Waals surface area contributed by atoms with Crippen molar-refractivity contribution in [3.8, 4) is 29.6 Å². The minimum absolute atomic E-state index is 0.0111. The van der Waals surface area contributed by atoms with Gasteiger partial charge in [-0.25, -0.2) is 13.2 Å². The van der Waals surface area contributed by atoms with Crippen molar-refractivity contribution < 1.29 is 17.9 Å². The summed E-state index contributed by atoms with van der Waals surface area (Å²) in [6, 6.07) is 5.56. The van der Waals surface area contributed by atoms with Crippen molar-refractivity contribution in [2.24, 2.45) is 0 Å². The number of halogens is 3. The SMILES string of the molecule is C#Cc1c(F)ccc2cc(N)cc(-c3ncc4c(N(C)[C@H]5C[C@@H]5F)nc(OCC56CCCN5CC(=C)C6)nc4c3F)c12. The predicted molar refractivity (Wildman–Crippen MR) is 157 cm³/mol. The van der Waals surface area contributed by atoms with E-state index in [0.29, 0.717) is 40.7 Å². The number of nitrogens with two attached hydrogens (primary N) is 1. The van der Waals surface area contributed by atoms with Crippen LogP contribution in [-0.4, -0.2) is 64.3 Å². The molecule has 7 nitrogen and oxygen atoms in total. The topological polar surface area (TPSA) is 80.4 Å². The Balaban J connectivity index is 1.38. The molecule has 0 bridgehead atoms. The number of hydrogen-bond donors (Lipinski definition) is 1. The number of benzene rings is 2. The van der Waals surface area contributed by atoms with Gasteiger partial charge in [-0.3, -0.25) is 9.88 Å². The Morgan fingerprint density at radius 3 is 2.86 bits per heavy atom. The molecule has 1 aliphatic carbocycles. The number of hydrogen-bond acceptors (Lipinski definition) is 7. The van der Waals surface area contributed by atoms with Crippen molar-refractivity contribution in [3.63, 3.8) is 0 Å². The third-order valence-corrected chi connectivity index (χ3v) is 8.85. The Morgan fingerprint density at radius 1 is 1.29 bits per heavy atom. The van der Waals surface area contributed by atoms with Gasteiger partial charge in [-0.1, -0.05) is 24.1 Å². The molecule has 1 unspecified atom stereocenters. The van der Waals surface area contributed by atoms with E-state index in [0.717, 1.165) is 37.9 Å². The summed E-state index contributed by atoms with van der Waals surface area (Å²) in [5.74, 6) is 1.32. The fraction of sp³-hybridized carbons (Fsp3) is 0.344. The van der Waals surface area contributed by atoms with Crippen LogP contribution in [0.3, 0.4) is 0 Å². The molecule has 2 aromatic heterocycles. The summed E-state index contributed by atoms with van der Waals surface area (Å²) in [6.07, 6.45) is 9.28. The van der Waals surface area contributed by atoms with Crippen LogP contribution in [0.1, 0.15) is 31.2 Å². The van der Waals surface area contributed by atoms with Crippen LogP contribution in [0.25, 0.3) is 32.9 Å². The number of ether oxygens (including phenoxy) is 1. The van der Waals surface area contributed by atoms with E-state index in [1.54, 1.807) is 18.0 Å². The van der Waals surface area contributed by atoms with Crippen molar-refractivity contribution in [2.75, 3.05) is 37.4 Å². The van der Waals surface area contributed by atoms with Crippen molar-refractivity contribution in [3.05, 3.63) is 59.8 Å². The van der Waals surface area contributed by atoms with Gasteiger partial charge in [0.05, 0.1) is 22.5 Å². The lowest BCUT2D eigenvalue weighted by Crippen LogP contribution is -2.43. The average molecular weight is 571 g/mol. The van der Waals surface area contributed by atoms with E-state index in [-0.39, 0.29) is 39.9 Å². The van der Waals surface area contributed by atoms with Crippen LogP contribution in [0.15, 0.2) is 42.6 Å². The summed E-state index contributed by atoms with van der Waals surface area (Å²) in [4.78, 5) is 17.6. The van der Waals surface area contributed by atoms with E-state index >= 15 is 4.39 Å². The molecule has 3 atom stereocenters. The van der Waals surface area contributed by atoms with Gasteiger partial charge in [0, 0.05) is 42.8 Å². The normalized spacial score (nSPS) is 23.4. The third-order valence-electron chi connectivity index (χ3n) is 8.85. The number of pyridine rings is 1. The molecule has 4 aromatic rings. The van der Waals surface area contributed by atoms with Crippen LogP contribution < -0.4 is 15.4 Å². The zero-order chi connectivity index (χ0) is 29.3. The van der Waals surface area contributed by atoms with Crippen LogP contribution >= 0.6 is 0 Å². The van der Waals surface area contributed by atoms with E-state index in [4.69, 9.17) is 16.9 Å². The fourth-order valence-corrected chi connectivity index (χ4v) is 6.69. The molecule has 2 aromatic carbocycles. The minimum Gasteiger partial charge on any atom is -0.461 e. The third kappa shape index (κ3) is 4.14. The van der Waals surface area contributed by atoms with Crippen molar-refractivity contribution in [1.82, 2.24) is 19.9 Å². The first kappa shape index (κ1) is 26.5. The molecular weight excluding hydrogens is 541 g/mol. The first-order valence-electron chi connectivity index (χ1n) is 14.0. The predicted octanol–water partition coefficient (Wildman–Crippen LogP) is 5.41. The first-order valence-corrected chi connectivity index (χ1v) is 14.0. The Hall–Kier alpha value is -4.36. The molecule has 2 aliphatic heterocycles. The van der Waals surface area contributed by atoms with Crippen LogP contribution in [0, 0.1) is 24.0 Å². The maximum absolute atomic E-state index is 16.6. The fourth-order valence-electron chi connectivity index (χ4n) is 6.69. The minimum atomic E-state index is -1.01. The zero-order valence-corrected chi connectivity index (χ0v) is 23.1. The molecule has 3 fully saturated rings. The number of anilines is 2. The Morgan fingerprint density at radius 2 is 2.10 bits per heavy atom. The van der Waals surface area contributed by atoms with E-state index in [2.05, 4.69) is 32.4 Å². The molecule has 3 aliphatic rings. The average Bonchev–Trinajstić information content (AvgIpc) is 3.45. The Kier molecular flexibility index (Phi) is 6.06. The molecule has 10 heteroatoms. The smallest absolute Gasteiger partial charge is 0.319 e. The molecule has 7 rings (SSSR count). The lowest BCUT2D eigenvalue weighted by Gasteiger charge is -2.31. The standard InChI is InChI=1S/C32H29F3N6O/c1-4-20-23(33)7-6-18-10-19(36)11-21(26(18)20)28-27(35)29-22(14-37-28)30(40(3)25-12-24(25)34)39-31(38-29)42-16-32-8-5-9-41(32)15-17(2)13-32/h1,6-7,10-11,14,24-25H,2,5,8-9,12-13,15-16,36H2,3H3/t24-,25-,32?/m0/s1.